The van der Waals surface area contributed by atoms with E-state index in [0.29, 0.717) is 23.7 Å². The molecule has 1 aliphatic rings. The fraction of sp³-hybridized carbons (Fsp3) is 0.533. The molecule has 0 atom stereocenters. The first kappa shape index (κ1) is 14.6. The molecule has 0 amide bonds. The number of nitrogens with zero attached hydrogens (tertiary/aromatic N) is 2. The van der Waals surface area contributed by atoms with E-state index in [1.54, 1.807) is 25.3 Å². The van der Waals surface area contributed by atoms with Crippen molar-refractivity contribution in [3.05, 3.63) is 23.8 Å². The summed E-state index contributed by atoms with van der Waals surface area (Å²) < 4.78 is 10.9. The maximum Gasteiger partial charge on any atom is 0.162 e. The monoisotopic (exact) mass is 276 g/mol. The fourth-order valence-corrected chi connectivity index (χ4v) is 2.28. The largest absolute Gasteiger partial charge is 0.493 e. The number of ether oxygens (including phenoxy) is 2. The summed E-state index contributed by atoms with van der Waals surface area (Å²) in [5.74, 6) is 1.24. The van der Waals surface area contributed by atoms with E-state index in [1.807, 2.05) is 0 Å². The van der Waals surface area contributed by atoms with Crippen LogP contribution in [-0.2, 0) is 0 Å². The smallest absolute Gasteiger partial charge is 0.162 e. The quantitative estimate of drug-likeness (QED) is 0.880. The van der Waals surface area contributed by atoms with E-state index >= 15 is 0 Å². The highest BCUT2D eigenvalue weighted by Crippen LogP contribution is 2.27. The molecule has 2 rings (SSSR count). The molecule has 0 spiro atoms. The van der Waals surface area contributed by atoms with E-state index in [2.05, 4.69) is 11.0 Å². The van der Waals surface area contributed by atoms with Gasteiger partial charge in [-0.25, -0.2) is 0 Å². The van der Waals surface area contributed by atoms with E-state index < -0.39 is 0 Å². The van der Waals surface area contributed by atoms with E-state index in [4.69, 9.17) is 14.7 Å². The molecule has 0 bridgehead atoms. The van der Waals surface area contributed by atoms with Gasteiger partial charge >= 0.3 is 0 Å². The van der Waals surface area contributed by atoms with Crippen LogP contribution < -0.4 is 9.47 Å². The molecule has 1 aromatic rings. The average molecular weight is 276 g/mol. The Kier molecular flexibility index (Phi) is 5.22. The number of methoxy groups -OCH3 is 1. The predicted octanol–water partition coefficient (Wildman–Crippen LogP) is 1.40. The fourth-order valence-electron chi connectivity index (χ4n) is 2.28. The van der Waals surface area contributed by atoms with Gasteiger partial charge in [0.05, 0.1) is 24.8 Å². The van der Waals surface area contributed by atoms with Crippen molar-refractivity contribution in [1.82, 2.24) is 4.90 Å². The Morgan fingerprint density at radius 2 is 2.10 bits per heavy atom. The minimum absolute atomic E-state index is 0.147. The van der Waals surface area contributed by atoms with Crippen LogP contribution in [0.25, 0.3) is 0 Å². The van der Waals surface area contributed by atoms with Crippen LogP contribution in [0.15, 0.2) is 18.2 Å². The topological polar surface area (TPSA) is 65.7 Å². The molecule has 108 valence electrons. The number of hydrogen-bond donors (Lipinski definition) is 1. The number of likely N-dealkylation sites (tertiary alicyclic amines) is 1. The zero-order valence-corrected chi connectivity index (χ0v) is 11.7. The SMILES string of the molecule is COc1cc(C#N)ccc1OCCN1CCC(O)CC1. The summed E-state index contributed by atoms with van der Waals surface area (Å²) >= 11 is 0. The molecule has 1 aliphatic heterocycles. The van der Waals surface area contributed by atoms with Crippen LogP contribution in [-0.4, -0.2) is 49.5 Å². The number of nitriles is 1. The van der Waals surface area contributed by atoms with Crippen molar-refractivity contribution < 1.29 is 14.6 Å². The molecule has 1 heterocycles. The van der Waals surface area contributed by atoms with Gasteiger partial charge in [-0.15, -0.1) is 0 Å². The maximum absolute atomic E-state index is 9.45. The van der Waals surface area contributed by atoms with Crippen molar-refractivity contribution in [1.29, 1.82) is 5.26 Å². The first-order valence-corrected chi connectivity index (χ1v) is 6.84. The molecule has 20 heavy (non-hydrogen) atoms. The van der Waals surface area contributed by atoms with Crippen LogP contribution in [0.5, 0.6) is 11.5 Å². The number of piperidine rings is 1. The molecule has 1 saturated heterocycles. The molecule has 5 nitrogen and oxygen atoms in total. The van der Waals surface area contributed by atoms with E-state index in [1.165, 1.54) is 0 Å². The van der Waals surface area contributed by atoms with Crippen LogP contribution >= 0.6 is 0 Å². The third kappa shape index (κ3) is 3.86. The summed E-state index contributed by atoms with van der Waals surface area (Å²) in [6.45, 7) is 3.22. The second kappa shape index (κ2) is 7.13. The molecule has 1 N–H and O–H groups in total. The average Bonchev–Trinajstić information content (AvgIpc) is 2.49. The van der Waals surface area contributed by atoms with Gasteiger partial charge in [0.2, 0.25) is 0 Å². The lowest BCUT2D eigenvalue weighted by molar-refractivity contribution is 0.0752. The van der Waals surface area contributed by atoms with Gasteiger partial charge in [0.1, 0.15) is 6.61 Å². The molecule has 1 fully saturated rings. The summed E-state index contributed by atoms with van der Waals surface area (Å²) in [7, 11) is 1.56. The minimum atomic E-state index is -0.147. The molecule has 0 aromatic heterocycles. The van der Waals surface area contributed by atoms with Crippen LogP contribution in [0.3, 0.4) is 0 Å². The van der Waals surface area contributed by atoms with Crippen LogP contribution in [0.1, 0.15) is 18.4 Å². The second-order valence-corrected chi connectivity index (χ2v) is 4.90. The molecule has 0 radical (unpaired) electrons. The Balaban J connectivity index is 1.83. The first-order chi connectivity index (χ1) is 9.72. The first-order valence-electron chi connectivity index (χ1n) is 6.84. The molecule has 5 heteroatoms. The van der Waals surface area contributed by atoms with Crippen molar-refractivity contribution in [3.8, 4) is 17.6 Å². The summed E-state index contributed by atoms with van der Waals surface area (Å²) in [4.78, 5) is 2.28. The van der Waals surface area contributed by atoms with Gasteiger partial charge in [-0.05, 0) is 25.0 Å². The minimum Gasteiger partial charge on any atom is -0.493 e. The lowest BCUT2D eigenvalue weighted by atomic mass is 10.1. The van der Waals surface area contributed by atoms with Crippen molar-refractivity contribution in [2.45, 2.75) is 18.9 Å². The van der Waals surface area contributed by atoms with Crippen LogP contribution in [0, 0.1) is 11.3 Å². The maximum atomic E-state index is 9.45. The van der Waals surface area contributed by atoms with E-state index in [9.17, 15) is 5.11 Å². The van der Waals surface area contributed by atoms with Gasteiger partial charge in [-0.3, -0.25) is 4.90 Å². The highest BCUT2D eigenvalue weighted by Gasteiger charge is 2.16. The van der Waals surface area contributed by atoms with Gasteiger partial charge in [-0.2, -0.15) is 5.26 Å². The third-order valence-corrected chi connectivity index (χ3v) is 3.51. The Morgan fingerprint density at radius 1 is 1.35 bits per heavy atom. The Bertz CT molecular complexity index is 476. The number of benzene rings is 1. The summed E-state index contributed by atoms with van der Waals surface area (Å²) in [6, 6.07) is 7.23. The zero-order valence-electron chi connectivity index (χ0n) is 11.7. The van der Waals surface area contributed by atoms with Gasteiger partial charge < -0.3 is 14.6 Å². The van der Waals surface area contributed by atoms with E-state index in [0.717, 1.165) is 32.5 Å². The predicted molar refractivity (Wildman–Crippen MR) is 74.9 cm³/mol. The summed E-state index contributed by atoms with van der Waals surface area (Å²) in [6.07, 6.45) is 1.52. The van der Waals surface area contributed by atoms with Gasteiger partial charge in [-0.1, -0.05) is 0 Å². The second-order valence-electron chi connectivity index (χ2n) is 4.90. The summed E-state index contributed by atoms with van der Waals surface area (Å²) in [5.41, 5.74) is 0.555. The summed E-state index contributed by atoms with van der Waals surface area (Å²) in [5, 5.41) is 18.3. The Labute approximate surface area is 119 Å². The van der Waals surface area contributed by atoms with Crippen molar-refractivity contribution >= 4 is 0 Å². The molecular formula is C15H20N2O3. The van der Waals surface area contributed by atoms with Crippen molar-refractivity contribution in [2.24, 2.45) is 0 Å². The number of aliphatic hydroxyl groups is 1. The lowest BCUT2D eigenvalue weighted by Crippen LogP contribution is -2.38. The van der Waals surface area contributed by atoms with Gasteiger partial charge in [0, 0.05) is 25.7 Å². The molecule has 1 aromatic carbocycles. The number of rotatable bonds is 5. The molecular weight excluding hydrogens is 256 g/mol. The van der Waals surface area contributed by atoms with Crippen molar-refractivity contribution in [2.75, 3.05) is 33.4 Å². The zero-order chi connectivity index (χ0) is 14.4. The standard InChI is InChI=1S/C15H20N2O3/c1-19-15-10-12(11-16)2-3-14(15)20-9-8-17-6-4-13(18)5-7-17/h2-3,10,13,18H,4-9H2,1H3. The lowest BCUT2D eigenvalue weighted by Gasteiger charge is -2.29. The van der Waals surface area contributed by atoms with Crippen LogP contribution in [0.4, 0.5) is 0 Å². The molecule has 0 unspecified atom stereocenters. The Morgan fingerprint density at radius 3 is 2.75 bits per heavy atom. The molecule has 0 saturated carbocycles. The Hall–Kier alpha value is -1.77. The molecule has 0 aliphatic carbocycles. The number of aliphatic hydroxyl groups excluding tert-OH is 1. The number of hydrogen-bond acceptors (Lipinski definition) is 5. The highest BCUT2D eigenvalue weighted by molar-refractivity contribution is 5.46. The normalized spacial score (nSPS) is 16.6. The van der Waals surface area contributed by atoms with Crippen molar-refractivity contribution in [3.63, 3.8) is 0 Å². The van der Waals surface area contributed by atoms with Gasteiger partial charge in [0.25, 0.3) is 0 Å². The van der Waals surface area contributed by atoms with E-state index in [-0.39, 0.29) is 6.10 Å². The third-order valence-electron chi connectivity index (χ3n) is 3.51. The van der Waals surface area contributed by atoms with Crippen LogP contribution in [0.2, 0.25) is 0 Å². The van der Waals surface area contributed by atoms with Gasteiger partial charge in [0.15, 0.2) is 11.5 Å². The highest BCUT2D eigenvalue weighted by atomic mass is 16.5.